The van der Waals surface area contributed by atoms with Gasteiger partial charge in [0.1, 0.15) is 0 Å². The topological polar surface area (TPSA) is 38.0 Å². The van der Waals surface area contributed by atoms with Gasteiger partial charge in [0.2, 0.25) is 0 Å². The van der Waals surface area contributed by atoms with E-state index in [9.17, 15) is 0 Å². The molecule has 0 bridgehead atoms. The second-order valence-corrected chi connectivity index (χ2v) is 9.42. The molecule has 152 valence electrons. The smallest absolute Gasteiger partial charge is 0.0275 e. The summed E-state index contributed by atoms with van der Waals surface area (Å²) in [4.78, 5) is 0. The molecule has 0 radical (unpaired) electrons. The molecule has 0 aliphatic heterocycles. The van der Waals surface area contributed by atoms with E-state index in [1.807, 2.05) is 0 Å². The summed E-state index contributed by atoms with van der Waals surface area (Å²) in [5.41, 5.74) is 6.68. The molecule has 7 atom stereocenters. The third-order valence-electron chi connectivity index (χ3n) is 7.69. The Labute approximate surface area is 163 Å². The Morgan fingerprint density at radius 2 is 1.88 bits per heavy atom. The maximum atomic E-state index is 6.68. The van der Waals surface area contributed by atoms with Crippen LogP contribution in [0.3, 0.4) is 0 Å². The van der Waals surface area contributed by atoms with E-state index in [1.54, 1.807) is 0 Å². The van der Waals surface area contributed by atoms with E-state index < -0.39 is 0 Å². The minimum Gasteiger partial charge on any atom is -0.327 e. The van der Waals surface area contributed by atoms with Gasteiger partial charge in [-0.25, -0.2) is 0 Å². The van der Waals surface area contributed by atoms with E-state index in [1.165, 1.54) is 70.6 Å². The van der Waals surface area contributed by atoms with Crippen molar-refractivity contribution < 1.29 is 0 Å². The van der Waals surface area contributed by atoms with Crippen molar-refractivity contribution in [1.29, 1.82) is 0 Å². The van der Waals surface area contributed by atoms with Gasteiger partial charge in [0.25, 0.3) is 0 Å². The average molecular weight is 363 g/mol. The summed E-state index contributed by atoms with van der Waals surface area (Å²) in [7, 11) is 2.12. The highest BCUT2D eigenvalue weighted by atomic mass is 14.9. The summed E-state index contributed by atoms with van der Waals surface area (Å²) in [5.74, 6) is 3.95. The number of nitrogens with two attached hydrogens (primary N) is 1. The van der Waals surface area contributed by atoms with Crippen molar-refractivity contribution in [3.63, 3.8) is 0 Å². The molecule has 2 heteroatoms. The van der Waals surface area contributed by atoms with Crippen LogP contribution in [0.25, 0.3) is 0 Å². The Morgan fingerprint density at radius 1 is 1.12 bits per heavy atom. The fraction of sp³-hybridized carbons (Fsp3) is 0.917. The van der Waals surface area contributed by atoms with Crippen molar-refractivity contribution in [2.45, 2.75) is 103 Å². The van der Waals surface area contributed by atoms with Gasteiger partial charge in [-0.3, -0.25) is 0 Å². The summed E-state index contributed by atoms with van der Waals surface area (Å²) in [6, 6.07) is 1.000. The van der Waals surface area contributed by atoms with Crippen LogP contribution in [0, 0.1) is 29.6 Å². The maximum Gasteiger partial charge on any atom is 0.0275 e. The number of nitrogens with one attached hydrogen (secondary N) is 1. The highest BCUT2D eigenvalue weighted by Gasteiger charge is 2.33. The summed E-state index contributed by atoms with van der Waals surface area (Å²) in [6.45, 7) is 7.21. The van der Waals surface area contributed by atoms with Crippen LogP contribution in [0.1, 0.15) is 91.4 Å². The molecule has 0 spiro atoms. The van der Waals surface area contributed by atoms with E-state index in [0.29, 0.717) is 23.9 Å². The second kappa shape index (κ2) is 11.5. The van der Waals surface area contributed by atoms with Gasteiger partial charge in [-0.2, -0.15) is 0 Å². The predicted octanol–water partition coefficient (Wildman–Crippen LogP) is 5.92. The molecule has 0 amide bonds. The van der Waals surface area contributed by atoms with Crippen LogP contribution in [0.15, 0.2) is 12.2 Å². The molecular weight excluding hydrogens is 316 g/mol. The number of rotatable bonds is 8. The minimum absolute atomic E-state index is 0.400. The first-order valence-corrected chi connectivity index (χ1v) is 11.7. The number of allylic oxidation sites excluding steroid dienone is 1. The molecule has 0 saturated heterocycles. The van der Waals surface area contributed by atoms with E-state index in [4.69, 9.17) is 5.73 Å². The normalized spacial score (nSPS) is 37.1. The average Bonchev–Trinajstić information content (AvgIpc) is 2.66. The standard InChI is InChI=1S/C24H46N2/c1-5-11-20(14-10-15-21-13-7-9-17-23(21)26-4)22-16-8-6-12-18(2)24(25)19(22)3/h9,17-24,26H,5-8,10-16,25H2,1-4H3. The van der Waals surface area contributed by atoms with E-state index in [2.05, 4.69) is 45.3 Å². The lowest BCUT2D eigenvalue weighted by molar-refractivity contribution is 0.132. The van der Waals surface area contributed by atoms with Crippen LogP contribution in [-0.4, -0.2) is 19.1 Å². The molecule has 1 saturated carbocycles. The molecule has 0 aromatic heterocycles. The van der Waals surface area contributed by atoms with Crippen molar-refractivity contribution >= 4 is 0 Å². The van der Waals surface area contributed by atoms with Gasteiger partial charge in [0, 0.05) is 12.1 Å². The number of hydrogen-bond donors (Lipinski definition) is 2. The minimum atomic E-state index is 0.400. The third kappa shape index (κ3) is 6.09. The molecule has 26 heavy (non-hydrogen) atoms. The van der Waals surface area contributed by atoms with Crippen LogP contribution in [-0.2, 0) is 0 Å². The second-order valence-electron chi connectivity index (χ2n) is 9.42. The Hall–Kier alpha value is -0.340. The van der Waals surface area contributed by atoms with Crippen molar-refractivity contribution in [3.8, 4) is 0 Å². The SMILES string of the molecule is CCCC(CCCC1CCC=CC1NC)C1CCCCC(C)C(N)C1C. The zero-order valence-electron chi connectivity index (χ0n) is 18.1. The van der Waals surface area contributed by atoms with Gasteiger partial charge in [-0.1, -0.05) is 71.4 Å². The van der Waals surface area contributed by atoms with E-state index in [0.717, 1.165) is 17.8 Å². The first-order valence-electron chi connectivity index (χ1n) is 11.7. The molecule has 0 heterocycles. The van der Waals surface area contributed by atoms with Crippen LogP contribution in [0.2, 0.25) is 0 Å². The van der Waals surface area contributed by atoms with Crippen molar-refractivity contribution in [2.75, 3.05) is 7.05 Å². The van der Waals surface area contributed by atoms with Gasteiger partial charge >= 0.3 is 0 Å². The molecule has 0 aromatic rings. The zero-order chi connectivity index (χ0) is 18.9. The molecule has 2 nitrogen and oxygen atoms in total. The summed E-state index contributed by atoms with van der Waals surface area (Å²) >= 11 is 0. The fourth-order valence-corrected chi connectivity index (χ4v) is 5.90. The summed E-state index contributed by atoms with van der Waals surface area (Å²) < 4.78 is 0. The zero-order valence-corrected chi connectivity index (χ0v) is 18.1. The lowest BCUT2D eigenvalue weighted by atomic mass is 9.68. The quantitative estimate of drug-likeness (QED) is 0.526. The molecule has 7 unspecified atom stereocenters. The predicted molar refractivity (Wildman–Crippen MR) is 115 cm³/mol. The van der Waals surface area contributed by atoms with Crippen LogP contribution >= 0.6 is 0 Å². The largest absolute Gasteiger partial charge is 0.327 e. The first-order chi connectivity index (χ1) is 12.6. The highest BCUT2D eigenvalue weighted by Crippen LogP contribution is 2.39. The monoisotopic (exact) mass is 362 g/mol. The Bertz CT molecular complexity index is 405. The maximum absolute atomic E-state index is 6.68. The Morgan fingerprint density at radius 3 is 2.62 bits per heavy atom. The van der Waals surface area contributed by atoms with E-state index in [-0.39, 0.29) is 0 Å². The Kier molecular flexibility index (Phi) is 9.70. The van der Waals surface area contributed by atoms with Crippen LogP contribution < -0.4 is 11.1 Å². The number of likely N-dealkylation sites (N-methyl/N-ethyl adjacent to an activating group) is 1. The van der Waals surface area contributed by atoms with Crippen molar-refractivity contribution in [2.24, 2.45) is 35.3 Å². The van der Waals surface area contributed by atoms with Crippen molar-refractivity contribution in [3.05, 3.63) is 12.2 Å². The van der Waals surface area contributed by atoms with Gasteiger partial charge in [0.05, 0.1) is 0 Å². The van der Waals surface area contributed by atoms with E-state index >= 15 is 0 Å². The van der Waals surface area contributed by atoms with Gasteiger partial charge in [0.15, 0.2) is 0 Å². The third-order valence-corrected chi connectivity index (χ3v) is 7.69. The van der Waals surface area contributed by atoms with Gasteiger partial charge in [-0.15, -0.1) is 0 Å². The molecule has 3 N–H and O–H groups in total. The lowest BCUT2D eigenvalue weighted by Gasteiger charge is -2.39. The molecule has 2 rings (SSSR count). The lowest BCUT2D eigenvalue weighted by Crippen LogP contribution is -2.42. The van der Waals surface area contributed by atoms with Crippen LogP contribution in [0.5, 0.6) is 0 Å². The number of hydrogen-bond acceptors (Lipinski definition) is 2. The van der Waals surface area contributed by atoms with Gasteiger partial charge in [-0.05, 0) is 68.7 Å². The summed E-state index contributed by atoms with van der Waals surface area (Å²) in [5, 5.41) is 3.51. The summed E-state index contributed by atoms with van der Waals surface area (Å²) in [6.07, 6.45) is 19.9. The van der Waals surface area contributed by atoms with Gasteiger partial charge < -0.3 is 11.1 Å². The molecule has 1 fully saturated rings. The van der Waals surface area contributed by atoms with Crippen molar-refractivity contribution in [1.82, 2.24) is 5.32 Å². The first kappa shape index (κ1) is 22.0. The molecule has 0 aromatic carbocycles. The fourth-order valence-electron chi connectivity index (χ4n) is 5.90. The Balaban J connectivity index is 1.92. The van der Waals surface area contributed by atoms with Crippen LogP contribution in [0.4, 0.5) is 0 Å². The molecule has 2 aliphatic rings. The molecular formula is C24H46N2. The highest BCUT2D eigenvalue weighted by molar-refractivity contribution is 5.01. The molecule has 2 aliphatic carbocycles.